The van der Waals surface area contributed by atoms with Gasteiger partial charge in [0.1, 0.15) is 0 Å². The van der Waals surface area contributed by atoms with Crippen molar-refractivity contribution in [3.8, 4) is 0 Å². The summed E-state index contributed by atoms with van der Waals surface area (Å²) in [6, 6.07) is -0.152. The Bertz CT molecular complexity index is 393. The molecule has 1 saturated heterocycles. The Balaban J connectivity index is 2.24. The van der Waals surface area contributed by atoms with Crippen molar-refractivity contribution in [1.29, 1.82) is 0 Å². The summed E-state index contributed by atoms with van der Waals surface area (Å²) in [6.07, 6.45) is 3.37. The highest BCUT2D eigenvalue weighted by Gasteiger charge is 2.31. The van der Waals surface area contributed by atoms with E-state index in [4.69, 9.17) is 0 Å². The summed E-state index contributed by atoms with van der Waals surface area (Å²) in [6.45, 7) is 6.49. The van der Waals surface area contributed by atoms with Crippen LogP contribution in [0.1, 0.15) is 46.5 Å². The van der Waals surface area contributed by atoms with Crippen molar-refractivity contribution >= 4 is 15.9 Å². The van der Waals surface area contributed by atoms with Crippen molar-refractivity contribution in [3.05, 3.63) is 0 Å². The van der Waals surface area contributed by atoms with E-state index in [9.17, 15) is 13.2 Å². The summed E-state index contributed by atoms with van der Waals surface area (Å²) in [7, 11) is -2.98. The van der Waals surface area contributed by atoms with Gasteiger partial charge in [0.25, 0.3) is 0 Å². The third-order valence-electron chi connectivity index (χ3n) is 3.51. The van der Waals surface area contributed by atoms with Crippen LogP contribution in [-0.4, -0.2) is 38.0 Å². The minimum absolute atomic E-state index is 0.114. The van der Waals surface area contributed by atoms with E-state index < -0.39 is 15.1 Å². The zero-order chi connectivity index (χ0) is 14.5. The fourth-order valence-corrected chi connectivity index (χ4v) is 3.99. The topological polar surface area (TPSA) is 75.3 Å². The maximum absolute atomic E-state index is 11.6. The molecule has 1 fully saturated rings. The van der Waals surface area contributed by atoms with Crippen LogP contribution in [0, 0.1) is 5.92 Å². The molecule has 0 bridgehead atoms. The van der Waals surface area contributed by atoms with Gasteiger partial charge in [-0.05, 0) is 38.5 Å². The molecule has 1 aliphatic rings. The lowest BCUT2D eigenvalue weighted by atomic mass is 10.0. The van der Waals surface area contributed by atoms with Gasteiger partial charge >= 0.3 is 6.03 Å². The van der Waals surface area contributed by atoms with E-state index >= 15 is 0 Å². The van der Waals surface area contributed by atoms with Crippen LogP contribution in [0.3, 0.4) is 0 Å². The predicted molar refractivity (Wildman–Crippen MR) is 76.9 cm³/mol. The molecule has 0 aliphatic carbocycles. The van der Waals surface area contributed by atoms with Crippen LogP contribution >= 0.6 is 0 Å². The molecular weight excluding hydrogens is 264 g/mol. The number of urea groups is 1. The first-order valence-corrected chi connectivity index (χ1v) is 8.78. The molecule has 112 valence electrons. The maximum atomic E-state index is 11.6. The standard InChI is InChI=1S/C13H26N2O3S/c1-10(2)6-7-11(3)15-13(16)14-9-12-5-4-8-19(12,17)18/h10-12H,4-9H2,1-3H3,(H2,14,15,16)/t11-,12-/m0/s1. The highest BCUT2D eigenvalue weighted by atomic mass is 32.2. The van der Waals surface area contributed by atoms with E-state index in [1.54, 1.807) is 0 Å². The van der Waals surface area contributed by atoms with Gasteiger partial charge in [-0.25, -0.2) is 13.2 Å². The molecule has 0 aromatic heterocycles. The van der Waals surface area contributed by atoms with Gasteiger partial charge in [0, 0.05) is 12.6 Å². The molecule has 0 aromatic rings. The SMILES string of the molecule is CC(C)CC[C@H](C)NC(=O)NC[C@@H]1CCCS1(=O)=O. The van der Waals surface area contributed by atoms with Gasteiger partial charge in [0.05, 0.1) is 11.0 Å². The second-order valence-corrected chi connectivity index (χ2v) is 8.26. The summed E-state index contributed by atoms with van der Waals surface area (Å²) < 4.78 is 23.2. The second kappa shape index (κ2) is 7.12. The number of rotatable bonds is 6. The van der Waals surface area contributed by atoms with E-state index in [1.165, 1.54) is 0 Å². The molecule has 19 heavy (non-hydrogen) atoms. The van der Waals surface area contributed by atoms with Crippen molar-refractivity contribution in [1.82, 2.24) is 10.6 Å². The van der Waals surface area contributed by atoms with Crippen LogP contribution in [0.4, 0.5) is 4.79 Å². The third-order valence-corrected chi connectivity index (χ3v) is 5.78. The predicted octanol–water partition coefficient (Wildman–Crippen LogP) is 1.69. The molecule has 0 radical (unpaired) electrons. The number of hydrogen-bond acceptors (Lipinski definition) is 3. The molecule has 2 amide bonds. The number of sulfone groups is 1. The van der Waals surface area contributed by atoms with Crippen molar-refractivity contribution in [2.45, 2.75) is 57.7 Å². The van der Waals surface area contributed by atoms with Gasteiger partial charge < -0.3 is 10.6 Å². The van der Waals surface area contributed by atoms with E-state index in [0.717, 1.165) is 12.8 Å². The van der Waals surface area contributed by atoms with Crippen LogP contribution in [-0.2, 0) is 9.84 Å². The fourth-order valence-electron chi connectivity index (χ4n) is 2.22. The van der Waals surface area contributed by atoms with Crippen molar-refractivity contribution in [3.63, 3.8) is 0 Å². The van der Waals surface area contributed by atoms with Crippen LogP contribution in [0.5, 0.6) is 0 Å². The molecule has 0 spiro atoms. The number of carbonyl (C=O) groups excluding carboxylic acids is 1. The average Bonchev–Trinajstić information content (AvgIpc) is 2.63. The van der Waals surface area contributed by atoms with Gasteiger partial charge in [-0.3, -0.25) is 0 Å². The molecule has 0 aromatic carbocycles. The van der Waals surface area contributed by atoms with Gasteiger partial charge in [-0.1, -0.05) is 13.8 Å². The quantitative estimate of drug-likeness (QED) is 0.781. The lowest BCUT2D eigenvalue weighted by Crippen LogP contribution is -2.44. The Morgan fingerprint density at radius 3 is 2.47 bits per heavy atom. The molecule has 1 rings (SSSR count). The number of hydrogen-bond donors (Lipinski definition) is 2. The summed E-state index contributed by atoms with van der Waals surface area (Å²) >= 11 is 0. The normalized spacial score (nSPS) is 23.3. The molecule has 2 atom stereocenters. The Morgan fingerprint density at radius 1 is 1.26 bits per heavy atom. The van der Waals surface area contributed by atoms with Crippen molar-refractivity contribution < 1.29 is 13.2 Å². The summed E-state index contributed by atoms with van der Waals surface area (Å²) in [5.74, 6) is 0.877. The fraction of sp³-hybridized carbons (Fsp3) is 0.923. The Kier molecular flexibility index (Phi) is 6.10. The summed E-state index contributed by atoms with van der Waals surface area (Å²) in [4.78, 5) is 11.6. The zero-order valence-electron chi connectivity index (χ0n) is 12.1. The first-order chi connectivity index (χ1) is 8.81. The summed E-state index contributed by atoms with van der Waals surface area (Å²) in [5.41, 5.74) is 0. The third kappa shape index (κ3) is 5.80. The smallest absolute Gasteiger partial charge is 0.315 e. The molecule has 0 unspecified atom stereocenters. The molecule has 2 N–H and O–H groups in total. The molecule has 1 aliphatic heterocycles. The maximum Gasteiger partial charge on any atom is 0.315 e. The molecule has 0 saturated carbocycles. The first-order valence-electron chi connectivity index (χ1n) is 7.07. The average molecular weight is 290 g/mol. The number of nitrogens with one attached hydrogen (secondary N) is 2. The Hall–Kier alpha value is -0.780. The molecule has 6 heteroatoms. The number of amides is 2. The first kappa shape index (κ1) is 16.3. The minimum atomic E-state index is -2.98. The minimum Gasteiger partial charge on any atom is -0.337 e. The van der Waals surface area contributed by atoms with Gasteiger partial charge in [0.2, 0.25) is 0 Å². The van der Waals surface area contributed by atoms with Gasteiger partial charge in [-0.2, -0.15) is 0 Å². The second-order valence-electron chi connectivity index (χ2n) is 5.86. The highest BCUT2D eigenvalue weighted by Crippen LogP contribution is 2.18. The van der Waals surface area contributed by atoms with Crippen LogP contribution in [0.25, 0.3) is 0 Å². The lowest BCUT2D eigenvalue weighted by Gasteiger charge is -2.17. The van der Waals surface area contributed by atoms with Crippen molar-refractivity contribution in [2.75, 3.05) is 12.3 Å². The Labute approximate surface area is 116 Å². The lowest BCUT2D eigenvalue weighted by molar-refractivity contribution is 0.236. The molecule has 5 nitrogen and oxygen atoms in total. The number of carbonyl (C=O) groups is 1. The van der Waals surface area contributed by atoms with E-state index in [0.29, 0.717) is 18.8 Å². The van der Waals surface area contributed by atoms with Crippen LogP contribution in [0.2, 0.25) is 0 Å². The Morgan fingerprint density at radius 2 is 1.95 bits per heavy atom. The van der Waals surface area contributed by atoms with Gasteiger partial charge in [0.15, 0.2) is 9.84 Å². The molecule has 1 heterocycles. The largest absolute Gasteiger partial charge is 0.337 e. The zero-order valence-corrected chi connectivity index (χ0v) is 12.9. The van der Waals surface area contributed by atoms with E-state index in [-0.39, 0.29) is 24.4 Å². The van der Waals surface area contributed by atoms with Crippen LogP contribution in [0.15, 0.2) is 0 Å². The van der Waals surface area contributed by atoms with E-state index in [2.05, 4.69) is 24.5 Å². The van der Waals surface area contributed by atoms with Crippen LogP contribution < -0.4 is 10.6 Å². The van der Waals surface area contributed by atoms with E-state index in [1.807, 2.05) is 6.92 Å². The molecular formula is C13H26N2O3S. The highest BCUT2D eigenvalue weighted by molar-refractivity contribution is 7.92. The summed E-state index contributed by atoms with van der Waals surface area (Å²) in [5, 5.41) is 5.11. The van der Waals surface area contributed by atoms with Crippen molar-refractivity contribution in [2.24, 2.45) is 5.92 Å². The monoisotopic (exact) mass is 290 g/mol. The van der Waals surface area contributed by atoms with Gasteiger partial charge in [-0.15, -0.1) is 0 Å².